The van der Waals surface area contributed by atoms with Crippen molar-refractivity contribution in [2.24, 2.45) is 9.98 Å². The van der Waals surface area contributed by atoms with Gasteiger partial charge in [0.15, 0.2) is 5.66 Å². The third kappa shape index (κ3) is 5.29. The van der Waals surface area contributed by atoms with E-state index < -0.39 is 5.66 Å². The van der Waals surface area contributed by atoms with E-state index in [0.717, 1.165) is 33.3 Å². The second kappa shape index (κ2) is 10.3. The van der Waals surface area contributed by atoms with Crippen molar-refractivity contribution < 1.29 is 4.79 Å². The molecule has 0 aliphatic carbocycles. The van der Waals surface area contributed by atoms with Gasteiger partial charge in [-0.05, 0) is 30.2 Å². The lowest BCUT2D eigenvalue weighted by atomic mass is 9.98. The van der Waals surface area contributed by atoms with Crippen LogP contribution in [0.2, 0.25) is 5.02 Å². The Kier molecular flexibility index (Phi) is 6.93. The average Bonchev–Trinajstić information content (AvgIpc) is 3.25. The first-order chi connectivity index (χ1) is 17.0. The lowest BCUT2D eigenvalue weighted by molar-refractivity contribution is 0.175. The first-order valence-corrected chi connectivity index (χ1v) is 13.1. The molecule has 5 rings (SSSR count). The van der Waals surface area contributed by atoms with E-state index in [1.807, 2.05) is 54.3 Å². The number of nitrogens with one attached hydrogen (secondary N) is 1. The number of aliphatic imine (C=N–C) groups is 2. The van der Waals surface area contributed by atoms with Crippen molar-refractivity contribution in [3.05, 3.63) is 101 Å². The number of carbonyl (C=O) groups excluding carboxylic acids is 1. The molecule has 1 saturated heterocycles. The number of carbonyl (C=O) groups is 1. The molecule has 1 N–H and O–H groups in total. The van der Waals surface area contributed by atoms with Gasteiger partial charge in [-0.1, -0.05) is 90.1 Å². The number of rotatable bonds is 4. The van der Waals surface area contributed by atoms with Gasteiger partial charge in [0.25, 0.3) is 0 Å². The Balaban J connectivity index is 1.31. The van der Waals surface area contributed by atoms with Crippen LogP contribution >= 0.6 is 23.4 Å². The van der Waals surface area contributed by atoms with Crippen LogP contribution in [-0.4, -0.2) is 40.4 Å². The number of urea groups is 1. The minimum absolute atomic E-state index is 0.113. The Morgan fingerprint density at radius 1 is 0.971 bits per heavy atom. The van der Waals surface area contributed by atoms with Gasteiger partial charge in [-0.2, -0.15) is 0 Å². The monoisotopic (exact) mass is 502 g/mol. The summed E-state index contributed by atoms with van der Waals surface area (Å²) in [4.78, 5) is 25.1. The van der Waals surface area contributed by atoms with Gasteiger partial charge in [0.1, 0.15) is 5.04 Å². The zero-order valence-corrected chi connectivity index (χ0v) is 21.1. The van der Waals surface area contributed by atoms with Gasteiger partial charge in [-0.15, -0.1) is 0 Å². The van der Waals surface area contributed by atoms with Crippen LogP contribution in [0.3, 0.4) is 0 Å². The lowest BCUT2D eigenvalue weighted by Crippen LogP contribution is -2.46. The number of thioether (sulfide) groups is 1. The van der Waals surface area contributed by atoms with E-state index in [0.29, 0.717) is 31.0 Å². The zero-order chi connectivity index (χ0) is 24.3. The minimum atomic E-state index is -0.507. The first kappa shape index (κ1) is 23.6. The van der Waals surface area contributed by atoms with Crippen molar-refractivity contribution in [1.29, 1.82) is 0 Å². The second-order valence-electron chi connectivity index (χ2n) is 8.83. The SMILES string of the molecule is Cc1c(Cl)cccc1NC(=O)N1CCC2(CC1)N=C(SCc1ccccc1)C(c1ccccc1)=N2. The van der Waals surface area contributed by atoms with Crippen molar-refractivity contribution >= 4 is 45.8 Å². The number of anilines is 1. The molecule has 35 heavy (non-hydrogen) atoms. The van der Waals surface area contributed by atoms with E-state index >= 15 is 0 Å². The smallest absolute Gasteiger partial charge is 0.321 e. The summed E-state index contributed by atoms with van der Waals surface area (Å²) in [6.45, 7) is 3.10. The molecule has 2 heterocycles. The van der Waals surface area contributed by atoms with Gasteiger partial charge in [0.2, 0.25) is 0 Å². The van der Waals surface area contributed by atoms with Crippen molar-refractivity contribution in [1.82, 2.24) is 4.90 Å². The summed E-state index contributed by atoms with van der Waals surface area (Å²) < 4.78 is 0. The minimum Gasteiger partial charge on any atom is -0.324 e. The van der Waals surface area contributed by atoms with Crippen LogP contribution in [0.5, 0.6) is 0 Å². The highest BCUT2D eigenvalue weighted by Crippen LogP contribution is 2.36. The van der Waals surface area contributed by atoms with E-state index in [9.17, 15) is 4.79 Å². The Labute approximate surface area is 215 Å². The Morgan fingerprint density at radius 3 is 2.37 bits per heavy atom. The number of hydrogen-bond acceptors (Lipinski definition) is 4. The molecule has 0 atom stereocenters. The summed E-state index contributed by atoms with van der Waals surface area (Å²) in [6.07, 6.45) is 1.39. The summed E-state index contributed by atoms with van der Waals surface area (Å²) in [5.74, 6) is 0.842. The molecule has 3 aromatic carbocycles. The standard InChI is InChI=1S/C28H27ClN4OS/c1-20-23(29)13-8-14-24(20)30-27(34)33-17-15-28(16-18-33)31-25(22-11-6-3-7-12-22)26(32-28)35-19-21-9-4-2-5-10-21/h2-14H,15-19H2,1H3,(H,30,34). The number of amides is 2. The predicted molar refractivity (Wildman–Crippen MR) is 147 cm³/mol. The Hall–Kier alpha value is -3.09. The number of halogens is 1. The summed E-state index contributed by atoms with van der Waals surface area (Å²) in [7, 11) is 0. The third-order valence-corrected chi connectivity index (χ3v) is 7.90. The maximum Gasteiger partial charge on any atom is 0.321 e. The molecule has 2 aliphatic rings. The fourth-order valence-corrected chi connectivity index (χ4v) is 5.57. The van der Waals surface area contributed by atoms with Gasteiger partial charge in [-0.25, -0.2) is 9.79 Å². The summed E-state index contributed by atoms with van der Waals surface area (Å²) in [6, 6.07) is 26.1. The van der Waals surface area contributed by atoms with E-state index in [1.165, 1.54) is 5.56 Å². The number of benzene rings is 3. The van der Waals surface area contributed by atoms with Crippen molar-refractivity contribution in [3.8, 4) is 0 Å². The van der Waals surface area contributed by atoms with Gasteiger partial charge in [-0.3, -0.25) is 4.99 Å². The molecule has 0 bridgehead atoms. The zero-order valence-electron chi connectivity index (χ0n) is 19.6. The summed E-state index contributed by atoms with van der Waals surface area (Å²) >= 11 is 7.94. The number of nitrogens with zero attached hydrogens (tertiary/aromatic N) is 3. The van der Waals surface area contributed by atoms with Gasteiger partial charge in [0.05, 0.1) is 5.71 Å². The van der Waals surface area contributed by atoms with Crippen LogP contribution in [0.25, 0.3) is 0 Å². The Bertz CT molecular complexity index is 1270. The van der Waals surface area contributed by atoms with E-state index in [2.05, 4.69) is 41.7 Å². The molecule has 3 aromatic rings. The van der Waals surface area contributed by atoms with E-state index in [4.69, 9.17) is 21.6 Å². The molecule has 0 aromatic heterocycles. The highest BCUT2D eigenvalue weighted by molar-refractivity contribution is 8.15. The maximum atomic E-state index is 12.9. The van der Waals surface area contributed by atoms with Crippen LogP contribution in [-0.2, 0) is 5.75 Å². The molecule has 0 unspecified atom stereocenters. The predicted octanol–water partition coefficient (Wildman–Crippen LogP) is 6.81. The van der Waals surface area contributed by atoms with Gasteiger partial charge < -0.3 is 10.2 Å². The number of likely N-dealkylation sites (tertiary alicyclic amines) is 1. The lowest BCUT2D eigenvalue weighted by Gasteiger charge is -2.35. The van der Waals surface area contributed by atoms with Crippen LogP contribution in [0.4, 0.5) is 10.5 Å². The van der Waals surface area contributed by atoms with Crippen molar-refractivity contribution in [3.63, 3.8) is 0 Å². The number of hydrogen-bond donors (Lipinski definition) is 1. The highest BCUT2D eigenvalue weighted by Gasteiger charge is 2.40. The molecular formula is C28H27ClN4OS. The molecule has 1 fully saturated rings. The number of piperidine rings is 1. The summed E-state index contributed by atoms with van der Waals surface area (Å²) in [5, 5.41) is 4.63. The molecule has 2 aliphatic heterocycles. The van der Waals surface area contributed by atoms with Gasteiger partial charge in [0, 0.05) is 48.0 Å². The Morgan fingerprint density at radius 2 is 1.66 bits per heavy atom. The van der Waals surface area contributed by atoms with Crippen LogP contribution < -0.4 is 5.32 Å². The molecule has 0 radical (unpaired) electrons. The van der Waals surface area contributed by atoms with E-state index in [1.54, 1.807) is 11.8 Å². The fraction of sp³-hybridized carbons (Fsp3) is 0.250. The van der Waals surface area contributed by atoms with Crippen LogP contribution in [0.1, 0.15) is 29.5 Å². The topological polar surface area (TPSA) is 57.1 Å². The molecule has 5 nitrogen and oxygen atoms in total. The molecule has 0 saturated carbocycles. The maximum absolute atomic E-state index is 12.9. The van der Waals surface area contributed by atoms with Crippen molar-refractivity contribution in [2.75, 3.05) is 18.4 Å². The molecule has 1 spiro atoms. The normalized spacial score (nSPS) is 16.7. The average molecular weight is 503 g/mol. The summed E-state index contributed by atoms with van der Waals surface area (Å²) in [5.41, 5.74) is 4.40. The van der Waals surface area contributed by atoms with E-state index in [-0.39, 0.29) is 6.03 Å². The highest BCUT2D eigenvalue weighted by atomic mass is 35.5. The molecule has 178 valence electrons. The third-order valence-electron chi connectivity index (χ3n) is 6.46. The molecule has 7 heteroatoms. The van der Waals surface area contributed by atoms with Crippen LogP contribution in [0.15, 0.2) is 88.8 Å². The fourth-order valence-electron chi connectivity index (χ4n) is 4.36. The van der Waals surface area contributed by atoms with Crippen molar-refractivity contribution in [2.45, 2.75) is 31.2 Å². The molecule has 2 amide bonds. The van der Waals surface area contributed by atoms with Crippen LogP contribution in [0, 0.1) is 6.92 Å². The largest absolute Gasteiger partial charge is 0.324 e. The molecular weight excluding hydrogens is 476 g/mol. The van der Waals surface area contributed by atoms with Gasteiger partial charge >= 0.3 is 6.03 Å². The second-order valence-corrected chi connectivity index (χ2v) is 10.2. The quantitative estimate of drug-likeness (QED) is 0.426. The first-order valence-electron chi connectivity index (χ1n) is 11.8.